The van der Waals surface area contributed by atoms with Crippen LogP contribution in [0, 0.1) is 6.92 Å². The summed E-state index contributed by atoms with van der Waals surface area (Å²) in [4.78, 5) is 28.1. The van der Waals surface area contributed by atoms with Crippen molar-refractivity contribution in [2.24, 2.45) is 0 Å². The Kier molecular flexibility index (Phi) is 7.31. The second-order valence-corrected chi connectivity index (χ2v) is 8.76. The van der Waals surface area contributed by atoms with Crippen LogP contribution >= 0.6 is 11.6 Å². The van der Waals surface area contributed by atoms with Crippen molar-refractivity contribution in [2.75, 3.05) is 25.7 Å². The molecule has 1 amide bonds. The van der Waals surface area contributed by atoms with E-state index in [1.807, 2.05) is 6.92 Å². The van der Waals surface area contributed by atoms with Crippen molar-refractivity contribution in [2.45, 2.75) is 19.9 Å². The molecular formula is C28H26ClNO7. The number of halogens is 1. The van der Waals surface area contributed by atoms with Crippen molar-refractivity contribution in [3.63, 3.8) is 0 Å². The number of methoxy groups -OCH3 is 2. The lowest BCUT2D eigenvalue weighted by Crippen LogP contribution is -2.29. The van der Waals surface area contributed by atoms with Crippen LogP contribution < -0.4 is 19.1 Å². The van der Waals surface area contributed by atoms with Crippen LogP contribution in [0.2, 0.25) is 5.02 Å². The van der Waals surface area contributed by atoms with E-state index >= 15 is 0 Å². The van der Waals surface area contributed by atoms with Gasteiger partial charge in [0, 0.05) is 5.56 Å². The molecule has 0 aromatic heterocycles. The van der Waals surface area contributed by atoms with Gasteiger partial charge in [-0.05, 0) is 67.4 Å². The number of phenolic OH excluding ortho intramolecular Hbond substituents is 1. The molecule has 192 valence electrons. The number of amides is 1. The predicted molar refractivity (Wildman–Crippen MR) is 140 cm³/mol. The highest BCUT2D eigenvalue weighted by molar-refractivity contribution is 6.52. The van der Waals surface area contributed by atoms with Gasteiger partial charge in [-0.3, -0.25) is 14.5 Å². The van der Waals surface area contributed by atoms with Gasteiger partial charge in [0.05, 0.1) is 43.2 Å². The van der Waals surface area contributed by atoms with Crippen LogP contribution in [0.1, 0.15) is 29.7 Å². The van der Waals surface area contributed by atoms with Gasteiger partial charge in [-0.15, -0.1) is 0 Å². The molecule has 9 heteroatoms. The number of hydrogen-bond donors (Lipinski definition) is 2. The van der Waals surface area contributed by atoms with E-state index in [9.17, 15) is 19.8 Å². The van der Waals surface area contributed by atoms with Crippen LogP contribution in [-0.2, 0) is 9.59 Å². The number of hydrogen-bond acceptors (Lipinski definition) is 7. The number of ketones is 1. The quantitative estimate of drug-likeness (QED) is 0.243. The molecule has 3 aromatic carbocycles. The molecule has 37 heavy (non-hydrogen) atoms. The number of aromatic hydroxyl groups is 1. The molecule has 2 N–H and O–H groups in total. The van der Waals surface area contributed by atoms with Crippen LogP contribution in [0.4, 0.5) is 5.69 Å². The van der Waals surface area contributed by atoms with Gasteiger partial charge in [-0.2, -0.15) is 0 Å². The molecule has 1 atom stereocenters. The summed E-state index contributed by atoms with van der Waals surface area (Å²) in [6.45, 7) is 3.96. The molecule has 3 aromatic rings. The van der Waals surface area contributed by atoms with Gasteiger partial charge < -0.3 is 24.4 Å². The Morgan fingerprint density at radius 2 is 1.76 bits per heavy atom. The largest absolute Gasteiger partial charge is 0.507 e. The first-order chi connectivity index (χ1) is 17.7. The Labute approximate surface area is 219 Å². The highest BCUT2D eigenvalue weighted by Gasteiger charge is 2.48. The molecule has 1 fully saturated rings. The second kappa shape index (κ2) is 10.4. The number of aliphatic hydroxyl groups excluding tert-OH is 1. The molecule has 0 bridgehead atoms. The molecule has 8 nitrogen and oxygen atoms in total. The molecule has 1 saturated heterocycles. The fraction of sp³-hybridized carbons (Fsp3) is 0.214. The number of anilines is 1. The molecule has 4 rings (SSSR count). The number of Topliss-reactive ketones (excluding diaryl/α,β-unsaturated/α-hetero) is 1. The summed E-state index contributed by atoms with van der Waals surface area (Å²) in [5, 5.41) is 22.3. The maximum absolute atomic E-state index is 13.5. The third kappa shape index (κ3) is 4.68. The smallest absolute Gasteiger partial charge is 0.300 e. The van der Waals surface area contributed by atoms with E-state index in [4.69, 9.17) is 25.8 Å². The first-order valence-corrected chi connectivity index (χ1v) is 11.8. The van der Waals surface area contributed by atoms with Gasteiger partial charge in [0.15, 0.2) is 11.5 Å². The molecule has 1 aliphatic rings. The van der Waals surface area contributed by atoms with Gasteiger partial charge >= 0.3 is 0 Å². The zero-order chi connectivity index (χ0) is 26.9. The third-order valence-corrected chi connectivity index (χ3v) is 6.40. The number of rotatable bonds is 7. The average molecular weight is 524 g/mol. The van der Waals surface area contributed by atoms with Crippen molar-refractivity contribution in [1.82, 2.24) is 0 Å². The first-order valence-electron chi connectivity index (χ1n) is 11.5. The maximum Gasteiger partial charge on any atom is 0.300 e. The Morgan fingerprint density at radius 3 is 2.43 bits per heavy atom. The number of benzene rings is 3. The number of ether oxygens (including phenoxy) is 3. The molecule has 1 aliphatic heterocycles. The molecular weight excluding hydrogens is 498 g/mol. The fourth-order valence-electron chi connectivity index (χ4n) is 4.31. The molecule has 0 radical (unpaired) electrons. The topological polar surface area (TPSA) is 106 Å². The average Bonchev–Trinajstić information content (AvgIpc) is 3.15. The lowest BCUT2D eigenvalue weighted by atomic mass is 9.94. The van der Waals surface area contributed by atoms with Crippen LogP contribution in [0.3, 0.4) is 0 Å². The van der Waals surface area contributed by atoms with Crippen LogP contribution in [-0.4, -0.2) is 42.7 Å². The van der Waals surface area contributed by atoms with Crippen LogP contribution in [0.15, 0.2) is 60.2 Å². The Bertz CT molecular complexity index is 1420. The van der Waals surface area contributed by atoms with E-state index in [-0.39, 0.29) is 27.6 Å². The van der Waals surface area contributed by atoms with Gasteiger partial charge in [0.1, 0.15) is 17.3 Å². The summed E-state index contributed by atoms with van der Waals surface area (Å²) < 4.78 is 16.4. The summed E-state index contributed by atoms with van der Waals surface area (Å²) >= 11 is 6.37. The van der Waals surface area contributed by atoms with Gasteiger partial charge in [-0.25, -0.2) is 0 Å². The summed E-state index contributed by atoms with van der Waals surface area (Å²) in [5.41, 5.74) is 1.25. The summed E-state index contributed by atoms with van der Waals surface area (Å²) in [6.07, 6.45) is 0. The number of phenols is 1. The number of nitrogens with zero attached hydrogens (tertiary/aromatic N) is 1. The van der Waals surface area contributed by atoms with Crippen molar-refractivity contribution >= 4 is 34.7 Å². The lowest BCUT2D eigenvalue weighted by molar-refractivity contribution is -0.132. The number of aryl methyl sites for hydroxylation is 1. The normalized spacial score (nSPS) is 16.7. The Hall–Kier alpha value is -4.17. The van der Waals surface area contributed by atoms with E-state index in [1.54, 1.807) is 43.3 Å². The highest BCUT2D eigenvalue weighted by atomic mass is 35.5. The van der Waals surface area contributed by atoms with Crippen molar-refractivity contribution in [1.29, 1.82) is 0 Å². The van der Waals surface area contributed by atoms with Gasteiger partial charge in [0.25, 0.3) is 11.7 Å². The number of aliphatic hydroxyl groups is 1. The zero-order valence-electron chi connectivity index (χ0n) is 20.7. The lowest BCUT2D eigenvalue weighted by Gasteiger charge is -2.27. The predicted octanol–water partition coefficient (Wildman–Crippen LogP) is 5.40. The van der Waals surface area contributed by atoms with E-state index in [0.717, 1.165) is 5.56 Å². The molecule has 0 spiro atoms. The van der Waals surface area contributed by atoms with Gasteiger partial charge in [0.2, 0.25) is 0 Å². The maximum atomic E-state index is 13.5. The molecule has 1 heterocycles. The van der Waals surface area contributed by atoms with Crippen LogP contribution in [0.5, 0.6) is 23.0 Å². The highest BCUT2D eigenvalue weighted by Crippen LogP contribution is 2.47. The van der Waals surface area contributed by atoms with Crippen molar-refractivity contribution < 1.29 is 34.0 Å². The Balaban J connectivity index is 2.03. The molecule has 0 aliphatic carbocycles. The Morgan fingerprint density at radius 1 is 1.00 bits per heavy atom. The standard InChI is InChI=1S/C28H26ClNO7/c1-5-37-23-13-16(7-11-22(23)36-4)25-24(26(32)18-14-17(35-3)8-9-19(18)29)27(33)28(34)30(25)20-12-15(2)6-10-21(20)31/h6-14,25,31-32H,5H2,1-4H3/b26-24+. The van der Waals surface area contributed by atoms with E-state index in [0.29, 0.717) is 29.4 Å². The second-order valence-electron chi connectivity index (χ2n) is 8.35. The monoisotopic (exact) mass is 523 g/mol. The van der Waals surface area contributed by atoms with Crippen molar-refractivity contribution in [3.8, 4) is 23.0 Å². The van der Waals surface area contributed by atoms with E-state index in [1.165, 1.54) is 37.3 Å². The van der Waals surface area contributed by atoms with E-state index < -0.39 is 23.5 Å². The number of carbonyl (C=O) groups is 2. The zero-order valence-corrected chi connectivity index (χ0v) is 21.5. The van der Waals surface area contributed by atoms with Crippen molar-refractivity contribution in [3.05, 3.63) is 81.9 Å². The SMILES string of the molecule is CCOc1cc(C2/C(=C(\O)c3cc(OC)ccc3Cl)C(=O)C(=O)N2c2cc(C)ccc2O)ccc1OC. The minimum atomic E-state index is -1.11. The fourth-order valence-corrected chi connectivity index (χ4v) is 4.52. The minimum absolute atomic E-state index is 0.121. The van der Waals surface area contributed by atoms with Gasteiger partial charge in [-0.1, -0.05) is 23.7 Å². The molecule has 0 saturated carbocycles. The summed E-state index contributed by atoms with van der Waals surface area (Å²) in [7, 11) is 2.96. The third-order valence-electron chi connectivity index (χ3n) is 6.07. The molecule has 1 unspecified atom stereocenters. The minimum Gasteiger partial charge on any atom is -0.507 e. The van der Waals surface area contributed by atoms with E-state index in [2.05, 4.69) is 0 Å². The first kappa shape index (κ1) is 25.9. The summed E-state index contributed by atoms with van der Waals surface area (Å²) in [6, 6.07) is 13.2. The van der Waals surface area contributed by atoms with Crippen LogP contribution in [0.25, 0.3) is 5.76 Å². The number of carbonyl (C=O) groups excluding carboxylic acids is 2. The summed E-state index contributed by atoms with van der Waals surface area (Å²) in [5.74, 6) is -1.28.